The second-order valence-electron chi connectivity index (χ2n) is 8.55. The molecule has 9 nitrogen and oxygen atoms in total. The van der Waals surface area contributed by atoms with Gasteiger partial charge >= 0.3 is 0 Å². The number of piperazine rings is 1. The van der Waals surface area contributed by atoms with Crippen LogP contribution in [0.2, 0.25) is 5.02 Å². The molecule has 1 aromatic carbocycles. The third-order valence-electron chi connectivity index (χ3n) is 5.16. The van der Waals surface area contributed by atoms with Crippen LogP contribution in [0.25, 0.3) is 11.2 Å². The van der Waals surface area contributed by atoms with Gasteiger partial charge in [0.1, 0.15) is 11.6 Å². The number of nitrogens with two attached hydrogens (primary N) is 1. The lowest BCUT2D eigenvalue weighted by Gasteiger charge is -2.35. The van der Waals surface area contributed by atoms with Crippen molar-refractivity contribution in [2.75, 3.05) is 43.4 Å². The number of nitrogen functional groups attached to an aromatic ring is 1. The molecule has 1 aliphatic rings. The number of hydrogen-bond acceptors (Lipinski definition) is 7. The minimum atomic E-state index is -0.151. The highest BCUT2D eigenvalue weighted by atomic mass is 35.5. The van der Waals surface area contributed by atoms with Gasteiger partial charge in [0.25, 0.3) is 5.91 Å². The summed E-state index contributed by atoms with van der Waals surface area (Å²) < 4.78 is 5.58. The quantitative estimate of drug-likeness (QED) is 0.637. The zero-order chi connectivity index (χ0) is 22.2. The second-order valence-corrected chi connectivity index (χ2v) is 8.98. The van der Waals surface area contributed by atoms with Crippen LogP contribution in [0.3, 0.4) is 0 Å². The lowest BCUT2D eigenvalue weighted by atomic mass is 9.96. The summed E-state index contributed by atoms with van der Waals surface area (Å²) in [6.07, 6.45) is 0. The Morgan fingerprint density at radius 1 is 1.13 bits per heavy atom. The number of anilines is 2. The molecule has 0 unspecified atom stereocenters. The van der Waals surface area contributed by atoms with E-state index in [1.807, 2.05) is 0 Å². The smallest absolute Gasteiger partial charge is 0.260 e. The van der Waals surface area contributed by atoms with Crippen molar-refractivity contribution in [1.82, 2.24) is 24.8 Å². The molecule has 0 bridgehead atoms. The van der Waals surface area contributed by atoms with E-state index in [1.54, 1.807) is 29.2 Å². The largest absolute Gasteiger partial charge is 0.484 e. The highest BCUT2D eigenvalue weighted by Crippen LogP contribution is 2.28. The molecule has 2 aromatic heterocycles. The summed E-state index contributed by atoms with van der Waals surface area (Å²) in [6.45, 7) is 8.59. The van der Waals surface area contributed by atoms with Crippen molar-refractivity contribution in [1.29, 1.82) is 0 Å². The van der Waals surface area contributed by atoms with Gasteiger partial charge in [0.2, 0.25) is 5.95 Å². The molecule has 3 N–H and O–H groups in total. The van der Waals surface area contributed by atoms with Crippen molar-refractivity contribution in [3.8, 4) is 5.75 Å². The van der Waals surface area contributed by atoms with Crippen LogP contribution in [0, 0.1) is 0 Å². The number of H-pyrrole nitrogens is 1. The molecular weight excluding hydrogens is 418 g/mol. The van der Waals surface area contributed by atoms with E-state index in [0.29, 0.717) is 53.9 Å². The van der Waals surface area contributed by atoms with Gasteiger partial charge in [-0.05, 0) is 24.3 Å². The first-order valence-electron chi connectivity index (χ1n) is 10.2. The van der Waals surface area contributed by atoms with Crippen LogP contribution in [0.5, 0.6) is 5.75 Å². The molecule has 0 atom stereocenters. The Morgan fingerprint density at radius 2 is 1.81 bits per heavy atom. The van der Waals surface area contributed by atoms with Crippen LogP contribution in [0.1, 0.15) is 26.6 Å². The molecular formula is C21H26ClN7O2. The number of nitrogens with zero attached hydrogens (tertiary/aromatic N) is 5. The highest BCUT2D eigenvalue weighted by molar-refractivity contribution is 6.30. The highest BCUT2D eigenvalue weighted by Gasteiger charge is 2.26. The fraction of sp³-hybridized carbons (Fsp3) is 0.429. The molecule has 0 spiro atoms. The molecule has 0 aliphatic carbocycles. The normalized spacial score (nSPS) is 14.8. The number of nitrogens with one attached hydrogen (secondary N) is 1. The van der Waals surface area contributed by atoms with Crippen molar-refractivity contribution >= 4 is 40.4 Å². The van der Waals surface area contributed by atoms with Crippen LogP contribution in [-0.4, -0.2) is 63.5 Å². The van der Waals surface area contributed by atoms with Gasteiger partial charge in [0, 0.05) is 36.6 Å². The number of benzene rings is 1. The summed E-state index contributed by atoms with van der Waals surface area (Å²) in [4.78, 5) is 33.2. The molecule has 164 valence electrons. The summed E-state index contributed by atoms with van der Waals surface area (Å²) in [5.74, 6) is 2.28. The van der Waals surface area contributed by atoms with Crippen LogP contribution < -0.4 is 15.4 Å². The van der Waals surface area contributed by atoms with Gasteiger partial charge in [-0.25, -0.2) is 4.98 Å². The van der Waals surface area contributed by atoms with Crippen molar-refractivity contribution < 1.29 is 9.53 Å². The van der Waals surface area contributed by atoms with Crippen molar-refractivity contribution in [2.45, 2.75) is 26.2 Å². The average molecular weight is 444 g/mol. The Bertz CT molecular complexity index is 1080. The molecule has 1 amide bonds. The zero-order valence-corrected chi connectivity index (χ0v) is 18.6. The first kappa shape index (κ1) is 21.2. The number of ether oxygens (including phenoxy) is 1. The van der Waals surface area contributed by atoms with Crippen molar-refractivity contribution in [3.63, 3.8) is 0 Å². The summed E-state index contributed by atoms with van der Waals surface area (Å²) >= 11 is 5.87. The lowest BCUT2D eigenvalue weighted by molar-refractivity contribution is -0.133. The maximum absolute atomic E-state index is 12.6. The number of imidazole rings is 1. The number of aromatic amines is 1. The van der Waals surface area contributed by atoms with Gasteiger partial charge in [-0.15, -0.1) is 0 Å². The van der Waals surface area contributed by atoms with E-state index in [-0.39, 0.29) is 23.9 Å². The van der Waals surface area contributed by atoms with E-state index in [1.165, 1.54) is 0 Å². The maximum atomic E-state index is 12.6. The standard InChI is InChI=1S/C21H26ClN7O2/c1-21(2,3)19-24-16-17(25-19)26-20(23)27-18(16)29-10-8-28(9-11-29)15(30)12-31-14-6-4-13(22)5-7-14/h4-7H,8-12H2,1-3H3,(H3,23,24,25,26,27). The Balaban J connectivity index is 1.42. The second kappa shape index (κ2) is 8.22. The van der Waals surface area contributed by atoms with E-state index >= 15 is 0 Å². The molecule has 31 heavy (non-hydrogen) atoms. The Labute approximate surface area is 185 Å². The number of fused-ring (bicyclic) bond motifs is 1. The van der Waals surface area contributed by atoms with E-state index in [9.17, 15) is 4.79 Å². The predicted octanol–water partition coefficient (Wildman–Crippen LogP) is 2.61. The molecule has 3 heterocycles. The van der Waals surface area contributed by atoms with E-state index in [2.05, 4.69) is 40.6 Å². The Morgan fingerprint density at radius 3 is 2.45 bits per heavy atom. The minimum absolute atomic E-state index is 0.0133. The number of amides is 1. The SMILES string of the molecule is CC(C)(C)c1nc2c(N3CCN(C(=O)COc4ccc(Cl)cc4)CC3)nc(N)nc2[nH]1. The summed E-state index contributed by atoms with van der Waals surface area (Å²) in [6, 6.07) is 6.95. The van der Waals surface area contributed by atoms with Gasteiger partial charge in [-0.2, -0.15) is 9.97 Å². The monoisotopic (exact) mass is 443 g/mol. The molecule has 1 saturated heterocycles. The first-order chi connectivity index (χ1) is 14.7. The number of hydrogen-bond donors (Lipinski definition) is 2. The molecule has 1 fully saturated rings. The minimum Gasteiger partial charge on any atom is -0.484 e. The Hall–Kier alpha value is -3.07. The predicted molar refractivity (Wildman–Crippen MR) is 121 cm³/mol. The lowest BCUT2D eigenvalue weighted by Crippen LogP contribution is -2.50. The number of rotatable bonds is 4. The zero-order valence-electron chi connectivity index (χ0n) is 17.9. The van der Waals surface area contributed by atoms with Crippen LogP contribution in [-0.2, 0) is 10.2 Å². The van der Waals surface area contributed by atoms with Crippen LogP contribution >= 0.6 is 11.6 Å². The topological polar surface area (TPSA) is 113 Å². The Kier molecular flexibility index (Phi) is 5.62. The number of aromatic nitrogens is 4. The third kappa shape index (κ3) is 4.66. The van der Waals surface area contributed by atoms with Crippen LogP contribution in [0.15, 0.2) is 24.3 Å². The van der Waals surface area contributed by atoms with Crippen molar-refractivity contribution in [2.24, 2.45) is 0 Å². The average Bonchev–Trinajstić information content (AvgIpc) is 3.17. The molecule has 0 radical (unpaired) electrons. The molecule has 1 aliphatic heterocycles. The van der Waals surface area contributed by atoms with Gasteiger partial charge in [0.05, 0.1) is 0 Å². The summed E-state index contributed by atoms with van der Waals surface area (Å²) in [5.41, 5.74) is 7.12. The number of carbonyl (C=O) groups excluding carboxylic acids is 1. The van der Waals surface area contributed by atoms with Gasteiger partial charge in [-0.1, -0.05) is 32.4 Å². The van der Waals surface area contributed by atoms with E-state index < -0.39 is 0 Å². The number of halogens is 1. The molecule has 3 aromatic rings. The number of carbonyl (C=O) groups is 1. The third-order valence-corrected chi connectivity index (χ3v) is 5.41. The molecule has 0 saturated carbocycles. The maximum Gasteiger partial charge on any atom is 0.260 e. The van der Waals surface area contributed by atoms with Gasteiger partial charge < -0.3 is 25.3 Å². The van der Waals surface area contributed by atoms with Gasteiger partial charge in [0.15, 0.2) is 23.6 Å². The van der Waals surface area contributed by atoms with E-state index in [4.69, 9.17) is 27.1 Å². The summed E-state index contributed by atoms with van der Waals surface area (Å²) in [7, 11) is 0. The van der Waals surface area contributed by atoms with Gasteiger partial charge in [-0.3, -0.25) is 4.79 Å². The molecule has 10 heteroatoms. The van der Waals surface area contributed by atoms with E-state index in [0.717, 1.165) is 5.82 Å². The fourth-order valence-electron chi connectivity index (χ4n) is 3.41. The molecule has 4 rings (SSSR count). The van der Waals surface area contributed by atoms with Crippen LogP contribution in [0.4, 0.5) is 11.8 Å². The fourth-order valence-corrected chi connectivity index (χ4v) is 3.54. The first-order valence-corrected chi connectivity index (χ1v) is 10.5. The van der Waals surface area contributed by atoms with Crippen molar-refractivity contribution in [3.05, 3.63) is 35.1 Å². The summed E-state index contributed by atoms with van der Waals surface area (Å²) in [5, 5.41) is 0.626.